The first kappa shape index (κ1) is 12.9. The fourth-order valence-electron chi connectivity index (χ4n) is 2.47. The molecule has 0 spiro atoms. The second-order valence-corrected chi connectivity index (χ2v) is 5.75. The summed E-state index contributed by atoms with van der Waals surface area (Å²) in [4.78, 5) is 0. The molecule has 0 aromatic carbocycles. The number of hydrogen-bond donors (Lipinski definition) is 0. The summed E-state index contributed by atoms with van der Waals surface area (Å²) >= 11 is 4.63. The van der Waals surface area contributed by atoms with Crippen molar-refractivity contribution in [2.75, 3.05) is 0 Å². The zero-order chi connectivity index (χ0) is 12.0. The average molecular weight is 272 g/mol. The molecule has 3 rings (SSSR count). The van der Waals surface area contributed by atoms with E-state index in [9.17, 15) is 0 Å². The number of fused-ring (bicyclic) bond motifs is 1. The Morgan fingerprint density at radius 1 is 0.941 bits per heavy atom. The third-order valence-corrected chi connectivity index (χ3v) is 4.25. The molecule has 0 N–H and O–H groups in total. The average Bonchev–Trinajstić information content (AvgIpc) is 2.74. The molecule has 1 atom stereocenters. The summed E-state index contributed by atoms with van der Waals surface area (Å²) in [7, 11) is 0. The Balaban J connectivity index is 0.000000128. The van der Waals surface area contributed by atoms with Gasteiger partial charge in [0.1, 0.15) is 0 Å². The van der Waals surface area contributed by atoms with Crippen LogP contribution in [0.4, 0.5) is 0 Å². The summed E-state index contributed by atoms with van der Waals surface area (Å²) in [5, 5.41) is 0. The number of hydrogen-bond acceptors (Lipinski definition) is 0. The summed E-state index contributed by atoms with van der Waals surface area (Å²) in [6.45, 7) is 0. The van der Waals surface area contributed by atoms with Crippen LogP contribution in [0, 0.1) is 0 Å². The van der Waals surface area contributed by atoms with Crippen molar-refractivity contribution >= 4 is 0 Å². The van der Waals surface area contributed by atoms with Gasteiger partial charge in [0.15, 0.2) is 0 Å². The molecule has 3 aliphatic rings. The van der Waals surface area contributed by atoms with E-state index in [0.29, 0.717) is 0 Å². The second-order valence-electron chi connectivity index (χ2n) is 4.82. The van der Waals surface area contributed by atoms with Crippen LogP contribution < -0.4 is 0 Å². The van der Waals surface area contributed by atoms with Crippen LogP contribution in [-0.4, -0.2) is 0 Å². The first-order valence-corrected chi connectivity index (χ1v) is 7.19. The molecule has 0 saturated heterocycles. The molecule has 0 radical (unpaired) electrons. The molecule has 0 amide bonds. The van der Waals surface area contributed by atoms with Crippen LogP contribution in [0.15, 0.2) is 48.1 Å². The zero-order valence-corrected chi connectivity index (χ0v) is 11.4. The molecule has 1 heteroatoms. The van der Waals surface area contributed by atoms with Crippen molar-refractivity contribution in [3.8, 4) is 0 Å². The number of rotatable bonds is 0. The molecule has 1 unspecified atom stereocenters. The zero-order valence-electron chi connectivity index (χ0n) is 10.3. The van der Waals surface area contributed by atoms with Crippen molar-refractivity contribution < 1.29 is 15.7 Å². The molecule has 0 aliphatic heterocycles. The molecule has 0 aromatic heterocycles. The Morgan fingerprint density at radius 2 is 1.53 bits per heavy atom. The van der Waals surface area contributed by atoms with Crippen molar-refractivity contribution in [2.45, 2.75) is 49.3 Å². The van der Waals surface area contributed by atoms with E-state index < -0.39 is 0 Å². The molecular formula is C16H21Co. The van der Waals surface area contributed by atoms with Crippen LogP contribution >= 0.6 is 0 Å². The van der Waals surface area contributed by atoms with Gasteiger partial charge < -0.3 is 0 Å². The van der Waals surface area contributed by atoms with E-state index in [1.807, 2.05) is 0 Å². The van der Waals surface area contributed by atoms with Gasteiger partial charge in [-0.3, -0.25) is 0 Å². The minimum absolute atomic E-state index is 0.174. The molecule has 0 aromatic rings. The number of allylic oxidation sites excluding steroid dienone is 8. The summed E-state index contributed by atoms with van der Waals surface area (Å²) in [5.41, 5.74) is 1.52. The molecule has 1 fully saturated rings. The van der Waals surface area contributed by atoms with Crippen LogP contribution in [0.5, 0.6) is 0 Å². The summed E-state index contributed by atoms with van der Waals surface area (Å²) < 4.78 is 0.174. The van der Waals surface area contributed by atoms with E-state index in [4.69, 9.17) is 0 Å². The molecule has 17 heavy (non-hydrogen) atoms. The van der Waals surface area contributed by atoms with Crippen LogP contribution in [0.25, 0.3) is 0 Å². The van der Waals surface area contributed by atoms with Crippen molar-refractivity contribution in [2.24, 2.45) is 0 Å². The van der Waals surface area contributed by atoms with E-state index in [1.54, 1.807) is 0 Å². The summed E-state index contributed by atoms with van der Waals surface area (Å²) in [6.07, 6.45) is 24.3. The van der Waals surface area contributed by atoms with Crippen molar-refractivity contribution in [1.29, 1.82) is 0 Å². The summed E-state index contributed by atoms with van der Waals surface area (Å²) in [5.74, 6) is 0. The molecule has 94 valence electrons. The molecule has 0 bridgehead atoms. The van der Waals surface area contributed by atoms with E-state index in [0.717, 1.165) is 0 Å². The normalized spacial score (nSPS) is 33.9. The van der Waals surface area contributed by atoms with Crippen molar-refractivity contribution in [3.63, 3.8) is 0 Å². The van der Waals surface area contributed by atoms with Crippen molar-refractivity contribution in [1.82, 2.24) is 0 Å². The Kier molecular flexibility index (Phi) is 4.87. The van der Waals surface area contributed by atoms with Gasteiger partial charge in [-0.05, 0) is 25.7 Å². The summed E-state index contributed by atoms with van der Waals surface area (Å²) in [6, 6.07) is 0. The fraction of sp³-hybridized carbons (Fsp3) is 0.500. The SMILES string of the molecule is C1=C\CC/C=C\CC/1.[Co][C]12C=CC=C1CCC2. The molecule has 3 aliphatic carbocycles. The third kappa shape index (κ3) is 3.72. The van der Waals surface area contributed by atoms with Crippen LogP contribution in [0.2, 0.25) is 4.35 Å². The second kappa shape index (κ2) is 6.41. The van der Waals surface area contributed by atoms with Gasteiger partial charge in [-0.1, -0.05) is 24.3 Å². The predicted molar refractivity (Wildman–Crippen MR) is 70.5 cm³/mol. The molecule has 0 nitrogen and oxygen atoms in total. The Bertz CT molecular complexity index is 334. The standard InChI is InChI=1S/C8H9.C8H12.Co/c1-3-7-5-2-6-8(7)4-1;1-2-4-6-8-7-5-3-1;/h1,3-4H,2,5-6H2;1-2,7-8H,3-6H2;/b;2-1-,8-7-;. The Morgan fingerprint density at radius 3 is 2.06 bits per heavy atom. The van der Waals surface area contributed by atoms with Crippen LogP contribution in [-0.2, 0) is 15.7 Å². The van der Waals surface area contributed by atoms with Crippen LogP contribution in [0.3, 0.4) is 0 Å². The van der Waals surface area contributed by atoms with Gasteiger partial charge in [0.05, 0.1) is 0 Å². The van der Waals surface area contributed by atoms with Crippen molar-refractivity contribution in [3.05, 3.63) is 48.1 Å². The Labute approximate surface area is 113 Å². The first-order valence-electron chi connectivity index (χ1n) is 6.67. The maximum absolute atomic E-state index is 4.63. The topological polar surface area (TPSA) is 0 Å². The van der Waals surface area contributed by atoms with E-state index in [1.165, 1.54) is 50.5 Å². The van der Waals surface area contributed by atoms with Gasteiger partial charge in [-0.2, -0.15) is 0 Å². The third-order valence-electron chi connectivity index (χ3n) is 3.48. The molecular weight excluding hydrogens is 251 g/mol. The van der Waals surface area contributed by atoms with Gasteiger partial charge in [0, 0.05) is 0 Å². The fourth-order valence-corrected chi connectivity index (χ4v) is 2.97. The maximum atomic E-state index is 4.63. The monoisotopic (exact) mass is 272 g/mol. The minimum atomic E-state index is 0.174. The van der Waals surface area contributed by atoms with Gasteiger partial charge >= 0.3 is 63.2 Å². The van der Waals surface area contributed by atoms with Gasteiger partial charge in [0.25, 0.3) is 0 Å². The molecule has 0 heterocycles. The predicted octanol–water partition coefficient (Wildman–Crippen LogP) is 5.04. The van der Waals surface area contributed by atoms with E-state index >= 15 is 0 Å². The van der Waals surface area contributed by atoms with Gasteiger partial charge in [-0.25, -0.2) is 0 Å². The molecule has 1 saturated carbocycles. The van der Waals surface area contributed by atoms with E-state index in [2.05, 4.69) is 58.3 Å². The van der Waals surface area contributed by atoms with E-state index in [-0.39, 0.29) is 4.35 Å². The Hall–Kier alpha value is -0.534. The quantitative estimate of drug-likeness (QED) is 0.542. The first-order chi connectivity index (χ1) is 8.31. The van der Waals surface area contributed by atoms with Gasteiger partial charge in [-0.15, -0.1) is 0 Å². The van der Waals surface area contributed by atoms with Crippen LogP contribution in [0.1, 0.15) is 44.9 Å². The van der Waals surface area contributed by atoms with Gasteiger partial charge in [0.2, 0.25) is 0 Å².